The fourth-order valence-corrected chi connectivity index (χ4v) is 1.27. The number of hydrogen-bond donors (Lipinski definition) is 1. The Morgan fingerprint density at radius 2 is 2.36 bits per heavy atom. The van der Waals surface area contributed by atoms with Crippen LogP contribution < -0.4 is 5.32 Å². The first-order chi connectivity index (χ1) is 5.35. The van der Waals surface area contributed by atoms with Gasteiger partial charge in [-0.15, -0.1) is 6.42 Å². The summed E-state index contributed by atoms with van der Waals surface area (Å²) < 4.78 is 0. The van der Waals surface area contributed by atoms with E-state index < -0.39 is 0 Å². The van der Waals surface area contributed by atoms with Gasteiger partial charge in [-0.2, -0.15) is 11.8 Å². The zero-order valence-corrected chi connectivity index (χ0v) is 8.21. The fraction of sp³-hybridized carbons (Fsp3) is 0.778. The van der Waals surface area contributed by atoms with Gasteiger partial charge < -0.3 is 5.32 Å². The Labute approximate surface area is 74.3 Å². The summed E-state index contributed by atoms with van der Waals surface area (Å²) in [7, 11) is 0. The average Bonchev–Trinajstić information content (AvgIpc) is 2.05. The molecule has 1 atom stereocenters. The van der Waals surface area contributed by atoms with Crippen molar-refractivity contribution in [1.29, 1.82) is 0 Å². The van der Waals surface area contributed by atoms with Gasteiger partial charge in [0, 0.05) is 0 Å². The Morgan fingerprint density at radius 3 is 2.82 bits per heavy atom. The van der Waals surface area contributed by atoms with Crippen molar-refractivity contribution < 1.29 is 0 Å². The van der Waals surface area contributed by atoms with Crippen molar-refractivity contribution >= 4 is 11.8 Å². The van der Waals surface area contributed by atoms with E-state index >= 15 is 0 Å². The third-order valence-corrected chi connectivity index (χ3v) is 2.10. The van der Waals surface area contributed by atoms with Crippen LogP contribution in [-0.4, -0.2) is 24.6 Å². The monoisotopic (exact) mass is 171 g/mol. The normalized spacial score (nSPS) is 12.5. The minimum Gasteiger partial charge on any atom is -0.304 e. The van der Waals surface area contributed by atoms with E-state index in [4.69, 9.17) is 6.42 Å². The molecule has 0 aliphatic carbocycles. The van der Waals surface area contributed by atoms with Crippen molar-refractivity contribution in [2.24, 2.45) is 0 Å². The lowest BCUT2D eigenvalue weighted by molar-refractivity contribution is 0.591. The third kappa shape index (κ3) is 6.28. The van der Waals surface area contributed by atoms with Gasteiger partial charge in [-0.3, -0.25) is 0 Å². The SMILES string of the molecule is C#CC(CCSC)NCCC. The lowest BCUT2D eigenvalue weighted by atomic mass is 10.2. The number of nitrogens with one attached hydrogen (secondary N) is 1. The second-order valence-corrected chi connectivity index (χ2v) is 3.44. The van der Waals surface area contributed by atoms with E-state index in [1.165, 1.54) is 0 Å². The minimum absolute atomic E-state index is 0.280. The molecule has 1 unspecified atom stereocenters. The van der Waals surface area contributed by atoms with Crippen LogP contribution in [0.5, 0.6) is 0 Å². The number of hydrogen-bond acceptors (Lipinski definition) is 2. The summed E-state index contributed by atoms with van der Waals surface area (Å²) in [4.78, 5) is 0. The minimum atomic E-state index is 0.280. The number of terminal acetylenes is 1. The van der Waals surface area contributed by atoms with Gasteiger partial charge in [0.2, 0.25) is 0 Å². The van der Waals surface area contributed by atoms with Gasteiger partial charge >= 0.3 is 0 Å². The molecule has 0 bridgehead atoms. The van der Waals surface area contributed by atoms with Crippen LogP contribution in [0.3, 0.4) is 0 Å². The first-order valence-electron chi connectivity index (χ1n) is 4.03. The Kier molecular flexibility index (Phi) is 7.88. The average molecular weight is 171 g/mol. The van der Waals surface area contributed by atoms with Crippen LogP contribution in [0.25, 0.3) is 0 Å². The summed E-state index contributed by atoms with van der Waals surface area (Å²) in [5.41, 5.74) is 0. The highest BCUT2D eigenvalue weighted by Crippen LogP contribution is 1.99. The van der Waals surface area contributed by atoms with E-state index in [0.29, 0.717) is 0 Å². The maximum absolute atomic E-state index is 5.33. The summed E-state index contributed by atoms with van der Waals surface area (Å²) in [6, 6.07) is 0.280. The van der Waals surface area contributed by atoms with Gasteiger partial charge in [-0.05, 0) is 31.4 Å². The third-order valence-electron chi connectivity index (χ3n) is 1.45. The second-order valence-electron chi connectivity index (χ2n) is 2.45. The first-order valence-corrected chi connectivity index (χ1v) is 5.43. The van der Waals surface area contributed by atoms with Gasteiger partial charge in [-0.25, -0.2) is 0 Å². The van der Waals surface area contributed by atoms with E-state index in [1.54, 1.807) is 0 Å². The topological polar surface area (TPSA) is 12.0 Å². The molecule has 1 nitrogen and oxygen atoms in total. The Hall–Kier alpha value is -0.130. The van der Waals surface area contributed by atoms with Crippen molar-refractivity contribution in [2.45, 2.75) is 25.8 Å². The number of thioether (sulfide) groups is 1. The van der Waals surface area contributed by atoms with Crippen LogP contribution in [-0.2, 0) is 0 Å². The molecule has 0 rings (SSSR count). The molecule has 0 fully saturated rings. The van der Waals surface area contributed by atoms with E-state index in [2.05, 4.69) is 24.4 Å². The molecule has 0 aromatic carbocycles. The van der Waals surface area contributed by atoms with Crippen LogP contribution in [0.1, 0.15) is 19.8 Å². The molecule has 0 saturated heterocycles. The predicted octanol–water partition coefficient (Wildman–Crippen LogP) is 1.74. The smallest absolute Gasteiger partial charge is 0.0694 e. The summed E-state index contributed by atoms with van der Waals surface area (Å²) >= 11 is 1.84. The molecule has 0 saturated carbocycles. The predicted molar refractivity (Wildman–Crippen MR) is 53.9 cm³/mol. The Bertz CT molecular complexity index is 109. The molecule has 0 aliphatic heterocycles. The Morgan fingerprint density at radius 1 is 1.64 bits per heavy atom. The molecule has 0 amide bonds. The van der Waals surface area contributed by atoms with Gasteiger partial charge in [0.15, 0.2) is 0 Å². The molecule has 1 N–H and O–H groups in total. The van der Waals surface area contributed by atoms with E-state index in [0.717, 1.165) is 25.1 Å². The summed E-state index contributed by atoms with van der Waals surface area (Å²) in [5, 5.41) is 3.30. The van der Waals surface area contributed by atoms with Crippen LogP contribution in [0.15, 0.2) is 0 Å². The summed E-state index contributed by atoms with van der Waals surface area (Å²) in [6.07, 6.45) is 9.67. The fourth-order valence-electron chi connectivity index (χ4n) is 0.799. The van der Waals surface area contributed by atoms with Gasteiger partial charge in [0.1, 0.15) is 0 Å². The zero-order chi connectivity index (χ0) is 8.53. The highest BCUT2D eigenvalue weighted by atomic mass is 32.2. The van der Waals surface area contributed by atoms with E-state index in [-0.39, 0.29) is 6.04 Å². The highest BCUT2D eigenvalue weighted by Gasteiger charge is 2.00. The quantitative estimate of drug-likeness (QED) is 0.611. The lowest BCUT2D eigenvalue weighted by Gasteiger charge is -2.10. The maximum Gasteiger partial charge on any atom is 0.0694 e. The molecule has 0 aromatic rings. The molecule has 0 aliphatic rings. The second kappa shape index (κ2) is 7.97. The molecule has 0 heterocycles. The van der Waals surface area contributed by atoms with Crippen LogP contribution in [0.2, 0.25) is 0 Å². The van der Waals surface area contributed by atoms with Crippen LogP contribution in [0.4, 0.5) is 0 Å². The standard InChI is InChI=1S/C9H17NS/c1-4-7-10-9(5-2)6-8-11-3/h2,9-10H,4,6-8H2,1,3H3. The summed E-state index contributed by atoms with van der Waals surface area (Å²) in [5.74, 6) is 3.89. The molecule has 64 valence electrons. The Balaban J connectivity index is 3.35. The van der Waals surface area contributed by atoms with Crippen molar-refractivity contribution in [1.82, 2.24) is 5.32 Å². The van der Waals surface area contributed by atoms with E-state index in [9.17, 15) is 0 Å². The van der Waals surface area contributed by atoms with Gasteiger partial charge in [0.25, 0.3) is 0 Å². The lowest BCUT2D eigenvalue weighted by Crippen LogP contribution is -2.28. The molecule has 0 spiro atoms. The summed E-state index contributed by atoms with van der Waals surface area (Å²) in [6.45, 7) is 3.18. The van der Waals surface area contributed by atoms with Crippen LogP contribution >= 0.6 is 11.8 Å². The molecule has 11 heavy (non-hydrogen) atoms. The van der Waals surface area contributed by atoms with Crippen molar-refractivity contribution in [3.05, 3.63) is 0 Å². The highest BCUT2D eigenvalue weighted by molar-refractivity contribution is 7.98. The molecule has 0 radical (unpaired) electrons. The van der Waals surface area contributed by atoms with Crippen molar-refractivity contribution in [2.75, 3.05) is 18.6 Å². The largest absolute Gasteiger partial charge is 0.304 e. The molecular weight excluding hydrogens is 154 g/mol. The molecule has 2 heteroatoms. The van der Waals surface area contributed by atoms with Gasteiger partial charge in [-0.1, -0.05) is 12.8 Å². The zero-order valence-electron chi connectivity index (χ0n) is 7.39. The maximum atomic E-state index is 5.33. The first kappa shape index (κ1) is 10.9. The van der Waals surface area contributed by atoms with Crippen molar-refractivity contribution in [3.63, 3.8) is 0 Å². The van der Waals surface area contributed by atoms with Gasteiger partial charge in [0.05, 0.1) is 6.04 Å². The molecule has 0 aromatic heterocycles. The van der Waals surface area contributed by atoms with E-state index in [1.807, 2.05) is 11.8 Å². The number of rotatable bonds is 6. The molecular formula is C9H17NS. The van der Waals surface area contributed by atoms with Crippen molar-refractivity contribution in [3.8, 4) is 12.3 Å². The van der Waals surface area contributed by atoms with Crippen LogP contribution in [0, 0.1) is 12.3 Å².